The largest absolute Gasteiger partial charge is 0.281 e. The first-order valence-corrected chi connectivity index (χ1v) is 5.98. The van der Waals surface area contributed by atoms with E-state index in [4.69, 9.17) is 11.6 Å². The number of halogens is 1. The van der Waals surface area contributed by atoms with Crippen molar-refractivity contribution in [2.75, 3.05) is 0 Å². The molecule has 0 spiro atoms. The summed E-state index contributed by atoms with van der Waals surface area (Å²) in [4.78, 5) is 10.5. The number of carbonyl (C=O) groups is 1. The lowest BCUT2D eigenvalue weighted by molar-refractivity contribution is -0.111. The van der Waals surface area contributed by atoms with Gasteiger partial charge in [-0.05, 0) is 48.8 Å². The summed E-state index contributed by atoms with van der Waals surface area (Å²) in [5.41, 5.74) is 2.85. The van der Waals surface area contributed by atoms with Crippen molar-refractivity contribution in [3.8, 4) is 0 Å². The molecule has 0 aromatic carbocycles. The van der Waals surface area contributed by atoms with Crippen LogP contribution in [-0.2, 0) is 4.79 Å². The summed E-state index contributed by atoms with van der Waals surface area (Å²) < 4.78 is 0. The van der Waals surface area contributed by atoms with Crippen LogP contribution in [0.4, 0.5) is 0 Å². The highest BCUT2D eigenvalue weighted by atomic mass is 35.5. The van der Waals surface area contributed by atoms with Crippen LogP contribution in [-0.4, -0.2) is 5.24 Å². The van der Waals surface area contributed by atoms with E-state index in [0.717, 1.165) is 25.7 Å². The molecule has 1 nitrogen and oxygen atoms in total. The van der Waals surface area contributed by atoms with Gasteiger partial charge in [-0.15, -0.1) is 5.73 Å². The fourth-order valence-electron chi connectivity index (χ4n) is 1.71. The third kappa shape index (κ3) is 9.78. The Morgan fingerprint density at radius 3 is 2.60 bits per heavy atom. The van der Waals surface area contributed by atoms with Crippen molar-refractivity contribution < 1.29 is 4.79 Å². The van der Waals surface area contributed by atoms with Crippen LogP contribution in [0.25, 0.3) is 0 Å². The summed E-state index contributed by atoms with van der Waals surface area (Å²) in [6.45, 7) is 8.04. The van der Waals surface area contributed by atoms with Gasteiger partial charge < -0.3 is 0 Å². The number of hydrogen-bond acceptors (Lipinski definition) is 1. The third-order valence-corrected chi connectivity index (χ3v) is 2.51. The van der Waals surface area contributed by atoms with Gasteiger partial charge in [0.2, 0.25) is 5.24 Å². The van der Waals surface area contributed by atoms with E-state index in [-0.39, 0.29) is 5.24 Å². The number of unbranched alkanes of at least 4 members (excludes halogenated alkanes) is 1. The van der Waals surface area contributed by atoms with Crippen molar-refractivity contribution in [1.29, 1.82) is 0 Å². The average molecular weight is 229 g/mol. The van der Waals surface area contributed by atoms with Gasteiger partial charge in [-0.2, -0.15) is 0 Å². The van der Waals surface area contributed by atoms with Crippen molar-refractivity contribution >= 4 is 16.8 Å². The Balaban J connectivity index is 3.75. The molecule has 86 valence electrons. The Morgan fingerprint density at radius 2 is 2.13 bits per heavy atom. The molecule has 15 heavy (non-hydrogen) atoms. The smallest absolute Gasteiger partial charge is 0.221 e. The fourth-order valence-corrected chi connectivity index (χ4v) is 1.85. The molecule has 0 amide bonds. The molecular formula is C13H21ClO. The van der Waals surface area contributed by atoms with E-state index in [1.807, 2.05) is 6.08 Å². The molecule has 0 saturated heterocycles. The predicted molar refractivity (Wildman–Crippen MR) is 66.0 cm³/mol. The first-order chi connectivity index (χ1) is 7.06. The number of carbonyl (C=O) groups excluding carboxylic acids is 1. The lowest BCUT2D eigenvalue weighted by atomic mass is 9.92. The molecule has 0 aliphatic heterocycles. The van der Waals surface area contributed by atoms with Crippen LogP contribution in [0.3, 0.4) is 0 Å². The molecule has 1 unspecified atom stereocenters. The third-order valence-electron chi connectivity index (χ3n) is 2.33. The first kappa shape index (κ1) is 14.5. The quantitative estimate of drug-likeness (QED) is 0.344. The second-order valence-corrected chi connectivity index (χ2v) is 4.78. The van der Waals surface area contributed by atoms with E-state index in [2.05, 4.69) is 26.2 Å². The van der Waals surface area contributed by atoms with Crippen LogP contribution in [0.15, 0.2) is 18.4 Å². The number of allylic oxidation sites excluding steroid dienone is 1. The van der Waals surface area contributed by atoms with Crippen molar-refractivity contribution in [2.24, 2.45) is 11.8 Å². The van der Waals surface area contributed by atoms with E-state index in [0.29, 0.717) is 18.3 Å². The Kier molecular flexibility index (Phi) is 8.46. The Labute approximate surface area is 98.2 Å². The topological polar surface area (TPSA) is 17.1 Å². The summed E-state index contributed by atoms with van der Waals surface area (Å²) in [5.74, 6) is 1.24. The van der Waals surface area contributed by atoms with Gasteiger partial charge in [0, 0.05) is 6.42 Å². The van der Waals surface area contributed by atoms with Gasteiger partial charge in [-0.3, -0.25) is 4.79 Å². The van der Waals surface area contributed by atoms with Crippen LogP contribution >= 0.6 is 11.6 Å². The maximum Gasteiger partial charge on any atom is 0.221 e. The molecule has 0 aliphatic rings. The molecule has 0 heterocycles. The van der Waals surface area contributed by atoms with Gasteiger partial charge in [0.1, 0.15) is 0 Å². The SMILES string of the molecule is C=C=CC(CCCCC(=O)Cl)CC(C)C. The van der Waals surface area contributed by atoms with Crippen LogP contribution < -0.4 is 0 Å². The second kappa shape index (κ2) is 8.76. The van der Waals surface area contributed by atoms with Crippen molar-refractivity contribution in [3.63, 3.8) is 0 Å². The van der Waals surface area contributed by atoms with Gasteiger partial charge in [-0.25, -0.2) is 0 Å². The van der Waals surface area contributed by atoms with Gasteiger partial charge in [0.15, 0.2) is 0 Å². The highest BCUT2D eigenvalue weighted by Gasteiger charge is 2.07. The van der Waals surface area contributed by atoms with E-state index >= 15 is 0 Å². The molecule has 2 heteroatoms. The van der Waals surface area contributed by atoms with Crippen LogP contribution in [0.1, 0.15) is 46.0 Å². The van der Waals surface area contributed by atoms with Crippen molar-refractivity contribution in [1.82, 2.24) is 0 Å². The Bertz CT molecular complexity index is 227. The monoisotopic (exact) mass is 228 g/mol. The molecule has 0 bridgehead atoms. The minimum absolute atomic E-state index is 0.227. The van der Waals surface area contributed by atoms with Gasteiger partial charge in [0.25, 0.3) is 0 Å². The van der Waals surface area contributed by atoms with Crippen LogP contribution in [0.5, 0.6) is 0 Å². The summed E-state index contributed by atoms with van der Waals surface area (Å²) in [6.07, 6.45) is 6.74. The highest BCUT2D eigenvalue weighted by Crippen LogP contribution is 2.19. The maximum absolute atomic E-state index is 10.5. The van der Waals surface area contributed by atoms with Crippen LogP contribution in [0.2, 0.25) is 0 Å². The molecule has 0 fully saturated rings. The number of rotatable bonds is 8. The minimum Gasteiger partial charge on any atom is -0.281 e. The summed E-state index contributed by atoms with van der Waals surface area (Å²) in [5, 5.41) is -0.227. The summed E-state index contributed by atoms with van der Waals surface area (Å²) in [7, 11) is 0. The van der Waals surface area contributed by atoms with E-state index in [9.17, 15) is 4.79 Å². The van der Waals surface area contributed by atoms with Gasteiger partial charge in [0.05, 0.1) is 0 Å². The number of hydrogen-bond donors (Lipinski definition) is 0. The molecular weight excluding hydrogens is 208 g/mol. The highest BCUT2D eigenvalue weighted by molar-refractivity contribution is 6.63. The lowest BCUT2D eigenvalue weighted by Crippen LogP contribution is -2.01. The molecule has 0 saturated carbocycles. The molecule has 0 aromatic heterocycles. The fraction of sp³-hybridized carbons (Fsp3) is 0.692. The normalized spacial score (nSPS) is 12.3. The van der Waals surface area contributed by atoms with E-state index in [1.165, 1.54) is 0 Å². The van der Waals surface area contributed by atoms with Gasteiger partial charge in [-0.1, -0.05) is 26.8 Å². The molecule has 0 radical (unpaired) electrons. The average Bonchev–Trinajstić information content (AvgIpc) is 2.11. The summed E-state index contributed by atoms with van der Waals surface area (Å²) in [6, 6.07) is 0. The lowest BCUT2D eigenvalue weighted by Gasteiger charge is -2.13. The standard InChI is InChI=1S/C13H21ClO/c1-4-7-12(10-11(2)3)8-5-6-9-13(14)15/h7,11-12H,1,5-6,8-10H2,2-3H3. The molecule has 0 rings (SSSR count). The second-order valence-electron chi connectivity index (χ2n) is 4.36. The van der Waals surface area contributed by atoms with E-state index in [1.54, 1.807) is 0 Å². The predicted octanol–water partition coefficient (Wildman–Crippen LogP) is 4.32. The zero-order valence-electron chi connectivity index (χ0n) is 9.76. The van der Waals surface area contributed by atoms with E-state index < -0.39 is 0 Å². The summed E-state index contributed by atoms with van der Waals surface area (Å²) >= 11 is 5.27. The molecule has 0 aromatic rings. The van der Waals surface area contributed by atoms with Crippen LogP contribution in [0, 0.1) is 11.8 Å². The zero-order chi connectivity index (χ0) is 11.7. The zero-order valence-corrected chi connectivity index (χ0v) is 10.5. The molecule has 0 aliphatic carbocycles. The Hall–Kier alpha value is -0.520. The van der Waals surface area contributed by atoms with Gasteiger partial charge >= 0.3 is 0 Å². The molecule has 0 N–H and O–H groups in total. The van der Waals surface area contributed by atoms with Crippen molar-refractivity contribution in [3.05, 3.63) is 18.4 Å². The molecule has 1 atom stereocenters. The Morgan fingerprint density at radius 1 is 1.47 bits per heavy atom. The first-order valence-electron chi connectivity index (χ1n) is 5.60. The maximum atomic E-state index is 10.5. The minimum atomic E-state index is -0.227. The van der Waals surface area contributed by atoms with Crippen molar-refractivity contribution in [2.45, 2.75) is 46.0 Å².